The average molecular weight is 375 g/mol. The minimum atomic E-state index is 0. The summed E-state index contributed by atoms with van der Waals surface area (Å²) < 4.78 is 0. The van der Waals surface area contributed by atoms with Crippen molar-refractivity contribution >= 4 is 29.9 Å². The van der Waals surface area contributed by atoms with Gasteiger partial charge in [0, 0.05) is 13.1 Å². The molecule has 0 unspecified atom stereocenters. The van der Waals surface area contributed by atoms with Crippen LogP contribution in [0.1, 0.15) is 37.8 Å². The van der Waals surface area contributed by atoms with Gasteiger partial charge < -0.3 is 10.6 Å². The Labute approximate surface area is 134 Å². The fourth-order valence-electron chi connectivity index (χ4n) is 1.68. The lowest BCUT2D eigenvalue weighted by Crippen LogP contribution is -2.37. The Morgan fingerprint density at radius 3 is 2.53 bits per heavy atom. The van der Waals surface area contributed by atoms with Crippen molar-refractivity contribution in [3.63, 3.8) is 0 Å². The normalized spacial score (nSPS) is 10.8. The Morgan fingerprint density at radius 2 is 1.89 bits per heavy atom. The molecule has 0 bridgehead atoms. The van der Waals surface area contributed by atoms with Crippen LogP contribution in [-0.4, -0.2) is 19.0 Å². The molecule has 4 heteroatoms. The summed E-state index contributed by atoms with van der Waals surface area (Å²) in [5.74, 6) is 0.911. The number of aryl methyl sites for hydroxylation is 1. The highest BCUT2D eigenvalue weighted by molar-refractivity contribution is 14.0. The van der Waals surface area contributed by atoms with Crippen molar-refractivity contribution in [2.45, 2.75) is 40.2 Å². The van der Waals surface area contributed by atoms with Crippen LogP contribution in [0.25, 0.3) is 0 Å². The van der Waals surface area contributed by atoms with Crippen molar-refractivity contribution in [1.82, 2.24) is 10.6 Å². The van der Waals surface area contributed by atoms with E-state index in [0.29, 0.717) is 0 Å². The van der Waals surface area contributed by atoms with Crippen LogP contribution in [0.2, 0.25) is 0 Å². The van der Waals surface area contributed by atoms with Crippen LogP contribution in [0, 0.1) is 6.92 Å². The van der Waals surface area contributed by atoms with Gasteiger partial charge in [0.2, 0.25) is 0 Å². The van der Waals surface area contributed by atoms with Crippen molar-refractivity contribution in [3.05, 3.63) is 35.4 Å². The summed E-state index contributed by atoms with van der Waals surface area (Å²) in [4.78, 5) is 4.61. The summed E-state index contributed by atoms with van der Waals surface area (Å²) in [6.45, 7) is 9.02. The number of nitrogens with zero attached hydrogens (tertiary/aromatic N) is 1. The van der Waals surface area contributed by atoms with Gasteiger partial charge in [0.05, 0.1) is 6.54 Å². The second-order valence-electron chi connectivity index (χ2n) is 4.40. The van der Waals surface area contributed by atoms with E-state index in [1.807, 2.05) is 0 Å². The number of halogens is 1. The summed E-state index contributed by atoms with van der Waals surface area (Å²) in [5.41, 5.74) is 2.58. The summed E-state index contributed by atoms with van der Waals surface area (Å²) in [5, 5.41) is 6.62. The number of benzene rings is 1. The number of nitrogens with one attached hydrogen (secondary N) is 2. The third-order valence-electron chi connectivity index (χ3n) is 2.84. The standard InChI is InChI=1S/C15H25N3.HI/c1-4-6-11-17-15(16-5-2)18-12-14-10-8-7-9-13(14)3;/h7-10H,4-6,11-12H2,1-3H3,(H2,16,17,18);1H. The lowest BCUT2D eigenvalue weighted by atomic mass is 10.1. The van der Waals surface area contributed by atoms with Gasteiger partial charge in [-0.25, -0.2) is 4.99 Å². The predicted molar refractivity (Wildman–Crippen MR) is 94.3 cm³/mol. The van der Waals surface area contributed by atoms with Crippen molar-refractivity contribution in [2.24, 2.45) is 4.99 Å². The van der Waals surface area contributed by atoms with Crippen LogP contribution in [-0.2, 0) is 6.54 Å². The summed E-state index contributed by atoms with van der Waals surface area (Å²) in [7, 11) is 0. The number of rotatable bonds is 6. The maximum atomic E-state index is 4.61. The highest BCUT2D eigenvalue weighted by Crippen LogP contribution is 2.07. The quantitative estimate of drug-likeness (QED) is 0.346. The van der Waals surface area contributed by atoms with Crippen molar-refractivity contribution in [1.29, 1.82) is 0 Å². The molecule has 0 heterocycles. The van der Waals surface area contributed by atoms with E-state index in [2.05, 4.69) is 60.7 Å². The molecule has 0 radical (unpaired) electrons. The summed E-state index contributed by atoms with van der Waals surface area (Å²) in [6.07, 6.45) is 2.37. The SMILES string of the molecule is CCCCNC(=NCc1ccccc1C)NCC.I. The minimum absolute atomic E-state index is 0. The van der Waals surface area contributed by atoms with Crippen molar-refractivity contribution in [3.8, 4) is 0 Å². The van der Waals surface area contributed by atoms with E-state index in [1.165, 1.54) is 24.0 Å². The first-order valence-electron chi connectivity index (χ1n) is 6.84. The molecule has 0 amide bonds. The summed E-state index contributed by atoms with van der Waals surface area (Å²) in [6, 6.07) is 8.39. The van der Waals surface area contributed by atoms with E-state index in [-0.39, 0.29) is 24.0 Å². The molecule has 0 aliphatic rings. The third kappa shape index (κ3) is 7.40. The molecule has 0 saturated carbocycles. The van der Waals surface area contributed by atoms with Crippen molar-refractivity contribution in [2.75, 3.05) is 13.1 Å². The van der Waals surface area contributed by atoms with Crippen LogP contribution in [0.3, 0.4) is 0 Å². The topological polar surface area (TPSA) is 36.4 Å². The Bertz CT molecular complexity index is 377. The minimum Gasteiger partial charge on any atom is -0.357 e. The molecule has 0 aromatic heterocycles. The van der Waals surface area contributed by atoms with Gasteiger partial charge in [0.15, 0.2) is 5.96 Å². The Hall–Kier alpha value is -0.780. The van der Waals surface area contributed by atoms with Gasteiger partial charge in [-0.05, 0) is 31.4 Å². The second-order valence-corrected chi connectivity index (χ2v) is 4.40. The molecule has 0 fully saturated rings. The average Bonchev–Trinajstić information content (AvgIpc) is 2.38. The lowest BCUT2D eigenvalue weighted by Gasteiger charge is -2.11. The largest absolute Gasteiger partial charge is 0.357 e. The molecule has 0 aliphatic heterocycles. The lowest BCUT2D eigenvalue weighted by molar-refractivity contribution is 0.730. The first-order valence-corrected chi connectivity index (χ1v) is 6.84. The Balaban J connectivity index is 0.00000324. The number of aliphatic imine (C=N–C) groups is 1. The molecule has 1 aromatic carbocycles. The second kappa shape index (κ2) is 11.1. The molecule has 0 spiro atoms. The van der Waals surface area contributed by atoms with E-state index in [0.717, 1.165) is 25.6 Å². The Kier molecular flexibility index (Phi) is 10.6. The molecule has 3 nitrogen and oxygen atoms in total. The van der Waals surface area contributed by atoms with E-state index >= 15 is 0 Å². The molecule has 0 saturated heterocycles. The fourth-order valence-corrected chi connectivity index (χ4v) is 1.68. The molecule has 19 heavy (non-hydrogen) atoms. The zero-order valence-corrected chi connectivity index (χ0v) is 14.5. The highest BCUT2D eigenvalue weighted by Gasteiger charge is 1.98. The Morgan fingerprint density at radius 1 is 1.16 bits per heavy atom. The number of unbranched alkanes of at least 4 members (excludes halogenated alkanes) is 1. The monoisotopic (exact) mass is 375 g/mol. The van der Waals surface area contributed by atoms with E-state index in [1.54, 1.807) is 0 Å². The van der Waals surface area contributed by atoms with Crippen molar-refractivity contribution < 1.29 is 0 Å². The number of guanidine groups is 1. The van der Waals surface area contributed by atoms with Gasteiger partial charge in [-0.1, -0.05) is 37.6 Å². The van der Waals surface area contributed by atoms with E-state index in [4.69, 9.17) is 0 Å². The maximum absolute atomic E-state index is 4.61. The number of hydrogen-bond acceptors (Lipinski definition) is 1. The van der Waals surface area contributed by atoms with Gasteiger partial charge in [0.25, 0.3) is 0 Å². The van der Waals surface area contributed by atoms with Gasteiger partial charge in [-0.3, -0.25) is 0 Å². The molecule has 0 aliphatic carbocycles. The van der Waals surface area contributed by atoms with Crippen LogP contribution >= 0.6 is 24.0 Å². The van der Waals surface area contributed by atoms with Gasteiger partial charge in [0.1, 0.15) is 0 Å². The maximum Gasteiger partial charge on any atom is 0.191 e. The van der Waals surface area contributed by atoms with Crippen LogP contribution < -0.4 is 10.6 Å². The van der Waals surface area contributed by atoms with Crippen LogP contribution in [0.5, 0.6) is 0 Å². The number of hydrogen-bond donors (Lipinski definition) is 2. The van der Waals surface area contributed by atoms with Crippen LogP contribution in [0.15, 0.2) is 29.3 Å². The predicted octanol–water partition coefficient (Wildman–Crippen LogP) is 3.47. The molecule has 0 atom stereocenters. The van der Waals surface area contributed by atoms with E-state index in [9.17, 15) is 0 Å². The summed E-state index contributed by atoms with van der Waals surface area (Å²) >= 11 is 0. The van der Waals surface area contributed by atoms with Gasteiger partial charge in [-0.15, -0.1) is 24.0 Å². The first-order chi connectivity index (χ1) is 8.77. The third-order valence-corrected chi connectivity index (χ3v) is 2.84. The zero-order chi connectivity index (χ0) is 13.2. The molecular weight excluding hydrogens is 349 g/mol. The smallest absolute Gasteiger partial charge is 0.191 e. The van der Waals surface area contributed by atoms with Gasteiger partial charge >= 0.3 is 0 Å². The van der Waals surface area contributed by atoms with Gasteiger partial charge in [-0.2, -0.15) is 0 Å². The highest BCUT2D eigenvalue weighted by atomic mass is 127. The molecular formula is C15H26IN3. The molecule has 1 aromatic rings. The zero-order valence-electron chi connectivity index (χ0n) is 12.2. The molecule has 108 valence electrons. The van der Waals surface area contributed by atoms with E-state index < -0.39 is 0 Å². The fraction of sp³-hybridized carbons (Fsp3) is 0.533. The first kappa shape index (κ1) is 18.2. The molecule has 2 N–H and O–H groups in total. The molecule has 1 rings (SSSR count). The van der Waals surface area contributed by atoms with Crippen LogP contribution in [0.4, 0.5) is 0 Å².